The van der Waals surface area contributed by atoms with Gasteiger partial charge in [-0.15, -0.1) is 0 Å². The van der Waals surface area contributed by atoms with E-state index in [0.717, 1.165) is 16.8 Å². The van der Waals surface area contributed by atoms with E-state index in [1.54, 1.807) is 0 Å². The van der Waals surface area contributed by atoms with E-state index in [1.807, 2.05) is 32.0 Å². The predicted octanol–water partition coefficient (Wildman–Crippen LogP) is 3.56. The van der Waals surface area contributed by atoms with Crippen molar-refractivity contribution in [1.82, 2.24) is 0 Å². The molecular formula is C20H21NO2. The van der Waals surface area contributed by atoms with Gasteiger partial charge in [0.05, 0.1) is 17.5 Å². The maximum atomic E-state index is 13.0. The van der Waals surface area contributed by atoms with E-state index in [9.17, 15) is 9.59 Å². The third-order valence-electron chi connectivity index (χ3n) is 5.59. The summed E-state index contributed by atoms with van der Waals surface area (Å²) in [7, 11) is 0. The van der Waals surface area contributed by atoms with Gasteiger partial charge >= 0.3 is 0 Å². The highest BCUT2D eigenvalue weighted by Gasteiger charge is 2.62. The first-order valence-corrected chi connectivity index (χ1v) is 8.22. The zero-order valence-electron chi connectivity index (χ0n) is 14.0. The second kappa shape index (κ2) is 4.67. The van der Waals surface area contributed by atoms with Crippen molar-refractivity contribution < 1.29 is 9.59 Å². The number of hydrogen-bond donors (Lipinski definition) is 0. The van der Waals surface area contributed by atoms with Crippen LogP contribution in [-0.4, -0.2) is 11.8 Å². The van der Waals surface area contributed by atoms with Gasteiger partial charge in [-0.1, -0.05) is 41.0 Å². The lowest BCUT2D eigenvalue weighted by molar-refractivity contribution is -0.122. The van der Waals surface area contributed by atoms with Crippen LogP contribution < -0.4 is 4.90 Å². The molecule has 3 heteroatoms. The number of amides is 2. The molecule has 2 bridgehead atoms. The first-order valence-electron chi connectivity index (χ1n) is 8.22. The number of carbonyl (C=O) groups is 2. The van der Waals surface area contributed by atoms with Crippen molar-refractivity contribution in [2.45, 2.75) is 27.7 Å². The standard InChI is InChI=1S/C20H21NO2/c1-10(2)16-13-6-7-14(16)18-17(13)19(22)21(20(18)23)15-8-5-11(3)9-12(15)4/h5-9,13-14,17-18H,1-4H3/t13-,14-,17-,18-/m0/s1. The zero-order valence-corrected chi connectivity index (χ0v) is 14.0. The lowest BCUT2D eigenvalue weighted by atomic mass is 9.85. The summed E-state index contributed by atoms with van der Waals surface area (Å²) in [4.78, 5) is 27.5. The van der Waals surface area contributed by atoms with E-state index in [4.69, 9.17) is 0 Å². The molecule has 1 heterocycles. The molecule has 2 aliphatic carbocycles. The third kappa shape index (κ3) is 1.76. The molecule has 1 saturated carbocycles. The van der Waals surface area contributed by atoms with Crippen molar-refractivity contribution in [1.29, 1.82) is 0 Å². The lowest BCUT2D eigenvalue weighted by Crippen LogP contribution is -2.33. The predicted molar refractivity (Wildman–Crippen MR) is 89.9 cm³/mol. The highest BCUT2D eigenvalue weighted by atomic mass is 16.2. The van der Waals surface area contributed by atoms with Crippen molar-refractivity contribution in [2.75, 3.05) is 4.90 Å². The van der Waals surface area contributed by atoms with Crippen LogP contribution in [0.5, 0.6) is 0 Å². The van der Waals surface area contributed by atoms with Crippen LogP contribution in [0.25, 0.3) is 0 Å². The molecule has 0 N–H and O–H groups in total. The highest BCUT2D eigenvalue weighted by molar-refractivity contribution is 6.23. The monoisotopic (exact) mass is 307 g/mol. The summed E-state index contributed by atoms with van der Waals surface area (Å²) in [6.07, 6.45) is 4.26. The van der Waals surface area contributed by atoms with Crippen LogP contribution in [0.2, 0.25) is 0 Å². The van der Waals surface area contributed by atoms with Crippen LogP contribution in [-0.2, 0) is 9.59 Å². The van der Waals surface area contributed by atoms with Crippen molar-refractivity contribution in [2.24, 2.45) is 23.7 Å². The number of imide groups is 1. The number of benzene rings is 1. The van der Waals surface area contributed by atoms with E-state index in [-0.39, 0.29) is 35.5 Å². The number of allylic oxidation sites excluding steroid dienone is 4. The molecule has 3 nitrogen and oxygen atoms in total. The Morgan fingerprint density at radius 2 is 1.52 bits per heavy atom. The van der Waals surface area contributed by atoms with Crippen molar-refractivity contribution >= 4 is 17.5 Å². The van der Waals surface area contributed by atoms with Gasteiger partial charge in [0.25, 0.3) is 0 Å². The van der Waals surface area contributed by atoms with E-state index in [1.165, 1.54) is 16.0 Å². The fourth-order valence-corrected chi connectivity index (χ4v) is 4.72. The fraction of sp³-hybridized carbons (Fsp3) is 0.400. The van der Waals surface area contributed by atoms with Crippen LogP contribution in [0.15, 0.2) is 41.5 Å². The SMILES string of the molecule is CC(C)=C1[C@@H]2C=C[C@@H]1[C@@H]1C(=O)N(c3ccc(C)cc3C)C(=O)[C@H]12. The molecule has 0 aromatic heterocycles. The average Bonchev–Trinajstić information content (AvgIpc) is 3.11. The molecule has 4 atom stereocenters. The Hall–Kier alpha value is -2.16. The molecule has 23 heavy (non-hydrogen) atoms. The molecule has 0 radical (unpaired) electrons. The van der Waals surface area contributed by atoms with Gasteiger partial charge in [-0.25, -0.2) is 4.90 Å². The fourth-order valence-electron chi connectivity index (χ4n) is 4.72. The molecule has 2 amide bonds. The largest absolute Gasteiger partial charge is 0.274 e. The zero-order chi connectivity index (χ0) is 16.5. The van der Waals surface area contributed by atoms with Crippen LogP contribution in [0.3, 0.4) is 0 Å². The smallest absolute Gasteiger partial charge is 0.238 e. The van der Waals surface area contributed by atoms with Gasteiger partial charge in [0.1, 0.15) is 0 Å². The molecule has 4 rings (SSSR count). The summed E-state index contributed by atoms with van der Waals surface area (Å²) >= 11 is 0. The van der Waals surface area contributed by atoms with E-state index in [0.29, 0.717) is 0 Å². The molecule has 1 aliphatic heterocycles. The number of carbonyl (C=O) groups excluding carboxylic acids is 2. The average molecular weight is 307 g/mol. The van der Waals surface area contributed by atoms with Crippen molar-refractivity contribution in [3.05, 3.63) is 52.6 Å². The number of rotatable bonds is 1. The maximum absolute atomic E-state index is 13.0. The van der Waals surface area contributed by atoms with Gasteiger partial charge in [0.2, 0.25) is 11.8 Å². The van der Waals surface area contributed by atoms with Gasteiger partial charge in [-0.05, 0) is 39.3 Å². The molecule has 118 valence electrons. The minimum atomic E-state index is -0.205. The summed E-state index contributed by atoms with van der Waals surface area (Å²) in [5, 5.41) is 0. The van der Waals surface area contributed by atoms with Crippen molar-refractivity contribution in [3.8, 4) is 0 Å². The summed E-state index contributed by atoms with van der Waals surface area (Å²) in [6.45, 7) is 8.15. The Morgan fingerprint density at radius 3 is 2.00 bits per heavy atom. The van der Waals surface area contributed by atoms with Crippen LogP contribution >= 0.6 is 0 Å². The Labute approximate surface area is 136 Å². The van der Waals surface area contributed by atoms with Crippen LogP contribution in [0.4, 0.5) is 5.69 Å². The van der Waals surface area contributed by atoms with E-state index >= 15 is 0 Å². The molecule has 3 aliphatic rings. The normalized spacial score (nSPS) is 31.3. The summed E-state index contributed by atoms with van der Waals surface area (Å²) in [5.41, 5.74) is 5.41. The quantitative estimate of drug-likeness (QED) is 0.587. The number of hydrogen-bond acceptors (Lipinski definition) is 2. The van der Waals surface area contributed by atoms with Gasteiger partial charge in [-0.3, -0.25) is 9.59 Å². The molecule has 1 aromatic rings. The Balaban J connectivity index is 1.79. The Kier molecular flexibility index (Phi) is 2.93. The van der Waals surface area contributed by atoms with Gasteiger partial charge in [0.15, 0.2) is 0 Å². The van der Waals surface area contributed by atoms with Gasteiger partial charge in [0, 0.05) is 11.8 Å². The second-order valence-electron chi connectivity index (χ2n) is 7.25. The Morgan fingerprint density at radius 1 is 0.957 bits per heavy atom. The number of aryl methyl sites for hydroxylation is 2. The number of nitrogens with zero attached hydrogens (tertiary/aromatic N) is 1. The molecular weight excluding hydrogens is 286 g/mol. The molecule has 1 aromatic carbocycles. The lowest BCUT2D eigenvalue weighted by Gasteiger charge is -2.21. The molecule has 0 spiro atoms. The topological polar surface area (TPSA) is 37.4 Å². The van der Waals surface area contributed by atoms with Crippen molar-refractivity contribution in [3.63, 3.8) is 0 Å². The minimum Gasteiger partial charge on any atom is -0.274 e. The molecule has 0 unspecified atom stereocenters. The summed E-state index contributed by atoms with van der Waals surface area (Å²) in [6, 6.07) is 5.89. The summed E-state index contributed by atoms with van der Waals surface area (Å²) < 4.78 is 0. The van der Waals surface area contributed by atoms with Gasteiger partial charge in [-0.2, -0.15) is 0 Å². The molecule has 1 saturated heterocycles. The van der Waals surface area contributed by atoms with Crippen LogP contribution in [0, 0.1) is 37.5 Å². The number of fused-ring (bicyclic) bond motifs is 5. The van der Waals surface area contributed by atoms with Crippen LogP contribution in [0.1, 0.15) is 25.0 Å². The number of anilines is 1. The minimum absolute atomic E-state index is 0.0254. The highest BCUT2D eigenvalue weighted by Crippen LogP contribution is 2.57. The maximum Gasteiger partial charge on any atom is 0.238 e. The van der Waals surface area contributed by atoms with Gasteiger partial charge < -0.3 is 0 Å². The first-order chi connectivity index (χ1) is 10.9. The Bertz CT molecular complexity index is 764. The van der Waals surface area contributed by atoms with E-state index in [2.05, 4.69) is 26.0 Å². The molecule has 2 fully saturated rings. The second-order valence-corrected chi connectivity index (χ2v) is 7.25. The summed E-state index contributed by atoms with van der Waals surface area (Å²) in [5.74, 6) is -0.235. The van der Waals surface area contributed by atoms with E-state index < -0.39 is 0 Å². The first kappa shape index (κ1) is 14.4. The third-order valence-corrected chi connectivity index (χ3v) is 5.59.